The first-order valence-electron chi connectivity index (χ1n) is 6.76. The van der Waals surface area contributed by atoms with Crippen molar-refractivity contribution in [2.45, 2.75) is 19.1 Å². The lowest BCUT2D eigenvalue weighted by molar-refractivity contribution is 0.165. The van der Waals surface area contributed by atoms with Crippen LogP contribution in [0.1, 0.15) is 17.4 Å². The molecule has 0 spiro atoms. The number of benzene rings is 1. The van der Waals surface area contributed by atoms with Crippen molar-refractivity contribution in [3.8, 4) is 0 Å². The minimum Gasteiger partial charge on any atom is -0.386 e. The van der Waals surface area contributed by atoms with E-state index in [-0.39, 0.29) is 5.82 Å². The Morgan fingerprint density at radius 2 is 2.19 bits per heavy atom. The second-order valence-electron chi connectivity index (χ2n) is 5.25. The summed E-state index contributed by atoms with van der Waals surface area (Å²) in [7, 11) is 3.93. The van der Waals surface area contributed by atoms with Gasteiger partial charge in [0.25, 0.3) is 0 Å². The molecule has 21 heavy (non-hydrogen) atoms. The highest BCUT2D eigenvalue weighted by Gasteiger charge is 2.18. The Labute approximate surface area is 128 Å². The normalized spacial score (nSPS) is 12.9. The standard InChI is InChI=1S/C15H19ClFN3O/c1-19(2)6-7-20-15(13(16)10-18-20)14(21)9-11-4-3-5-12(17)8-11/h3-5,8,10,14,21H,6-7,9H2,1-2H3. The molecule has 2 aromatic rings. The summed E-state index contributed by atoms with van der Waals surface area (Å²) in [6, 6.07) is 6.20. The molecule has 4 nitrogen and oxygen atoms in total. The number of halogens is 2. The second-order valence-corrected chi connectivity index (χ2v) is 5.66. The van der Waals surface area contributed by atoms with Gasteiger partial charge in [0.15, 0.2) is 0 Å². The highest BCUT2D eigenvalue weighted by Crippen LogP contribution is 2.25. The minimum atomic E-state index is -0.816. The molecule has 0 amide bonds. The molecular formula is C15H19ClFN3O. The quantitative estimate of drug-likeness (QED) is 0.891. The van der Waals surface area contributed by atoms with Crippen molar-refractivity contribution in [3.63, 3.8) is 0 Å². The molecule has 0 aliphatic carbocycles. The molecule has 0 radical (unpaired) electrons. The zero-order valence-corrected chi connectivity index (χ0v) is 12.9. The van der Waals surface area contributed by atoms with Crippen molar-refractivity contribution in [2.24, 2.45) is 0 Å². The Balaban J connectivity index is 2.14. The number of hydrogen-bond acceptors (Lipinski definition) is 3. The molecule has 6 heteroatoms. The maximum atomic E-state index is 13.2. The van der Waals surface area contributed by atoms with E-state index >= 15 is 0 Å². The van der Waals surface area contributed by atoms with Gasteiger partial charge in [-0.1, -0.05) is 23.7 Å². The highest BCUT2D eigenvalue weighted by molar-refractivity contribution is 6.31. The van der Waals surface area contributed by atoms with Gasteiger partial charge >= 0.3 is 0 Å². The predicted molar refractivity (Wildman–Crippen MR) is 80.9 cm³/mol. The molecule has 1 heterocycles. The number of hydrogen-bond donors (Lipinski definition) is 1. The third kappa shape index (κ3) is 4.27. The SMILES string of the molecule is CN(C)CCn1ncc(Cl)c1C(O)Cc1cccc(F)c1. The van der Waals surface area contributed by atoms with E-state index in [1.165, 1.54) is 18.3 Å². The van der Waals surface area contributed by atoms with Crippen LogP contribution >= 0.6 is 11.6 Å². The van der Waals surface area contributed by atoms with Gasteiger partial charge < -0.3 is 10.0 Å². The molecule has 114 valence electrons. The number of likely N-dealkylation sites (N-methyl/N-ethyl adjacent to an activating group) is 1. The Hall–Kier alpha value is -1.43. The fraction of sp³-hybridized carbons (Fsp3) is 0.400. The van der Waals surface area contributed by atoms with Crippen LogP contribution in [0.15, 0.2) is 30.5 Å². The molecule has 0 aliphatic heterocycles. The predicted octanol–water partition coefficient (Wildman–Crippen LogP) is 2.51. The molecule has 1 atom stereocenters. The smallest absolute Gasteiger partial charge is 0.123 e. The van der Waals surface area contributed by atoms with E-state index in [0.717, 1.165) is 12.1 Å². The molecule has 0 fully saturated rings. The Morgan fingerprint density at radius 1 is 1.43 bits per heavy atom. The molecule has 1 aromatic heterocycles. The lowest BCUT2D eigenvalue weighted by Gasteiger charge is -2.16. The van der Waals surface area contributed by atoms with Crippen LogP contribution in [0.25, 0.3) is 0 Å². The van der Waals surface area contributed by atoms with Crippen molar-refractivity contribution in [2.75, 3.05) is 20.6 Å². The van der Waals surface area contributed by atoms with E-state index in [1.807, 2.05) is 19.0 Å². The van der Waals surface area contributed by atoms with Crippen LogP contribution < -0.4 is 0 Å². The van der Waals surface area contributed by atoms with Gasteiger partial charge in [0.1, 0.15) is 11.9 Å². The molecule has 1 unspecified atom stereocenters. The fourth-order valence-corrected chi connectivity index (χ4v) is 2.43. The molecule has 0 aliphatic rings. The first kappa shape index (κ1) is 15.9. The van der Waals surface area contributed by atoms with E-state index < -0.39 is 6.10 Å². The van der Waals surface area contributed by atoms with Crippen LogP contribution in [0.3, 0.4) is 0 Å². The van der Waals surface area contributed by atoms with Crippen LogP contribution in [-0.4, -0.2) is 40.4 Å². The van der Waals surface area contributed by atoms with Gasteiger partial charge in [-0.15, -0.1) is 0 Å². The average molecular weight is 312 g/mol. The van der Waals surface area contributed by atoms with Gasteiger partial charge in [0.2, 0.25) is 0 Å². The minimum absolute atomic E-state index is 0.297. The summed E-state index contributed by atoms with van der Waals surface area (Å²) in [6.45, 7) is 1.42. The van der Waals surface area contributed by atoms with Crippen LogP contribution in [0.5, 0.6) is 0 Å². The number of aliphatic hydroxyl groups is 1. The maximum absolute atomic E-state index is 13.2. The van der Waals surface area contributed by atoms with Crippen LogP contribution in [0, 0.1) is 5.82 Å². The topological polar surface area (TPSA) is 41.3 Å². The summed E-state index contributed by atoms with van der Waals surface area (Å²) in [5, 5.41) is 15.0. The van der Waals surface area contributed by atoms with Crippen molar-refractivity contribution in [1.29, 1.82) is 0 Å². The summed E-state index contributed by atoms with van der Waals surface area (Å²) in [6.07, 6.45) is 1.01. The molecule has 0 bridgehead atoms. The summed E-state index contributed by atoms with van der Waals surface area (Å²) in [4.78, 5) is 2.03. The molecular weight excluding hydrogens is 293 g/mol. The van der Waals surface area contributed by atoms with Gasteiger partial charge in [0.05, 0.1) is 23.5 Å². The van der Waals surface area contributed by atoms with E-state index in [2.05, 4.69) is 5.10 Å². The summed E-state index contributed by atoms with van der Waals surface area (Å²) < 4.78 is 14.9. The van der Waals surface area contributed by atoms with E-state index in [9.17, 15) is 9.50 Å². The van der Waals surface area contributed by atoms with Gasteiger partial charge in [-0.25, -0.2) is 4.39 Å². The number of nitrogens with zero attached hydrogens (tertiary/aromatic N) is 3. The van der Waals surface area contributed by atoms with E-state index in [0.29, 0.717) is 23.7 Å². The van der Waals surface area contributed by atoms with Crippen molar-refractivity contribution in [3.05, 3.63) is 52.6 Å². The van der Waals surface area contributed by atoms with E-state index in [1.54, 1.807) is 16.8 Å². The van der Waals surface area contributed by atoms with Gasteiger partial charge in [-0.05, 0) is 31.8 Å². The summed E-state index contributed by atoms with van der Waals surface area (Å²) in [5.74, 6) is -0.313. The number of rotatable bonds is 6. The van der Waals surface area contributed by atoms with Crippen LogP contribution in [-0.2, 0) is 13.0 Å². The molecule has 1 aromatic carbocycles. The van der Waals surface area contributed by atoms with Gasteiger partial charge in [-0.2, -0.15) is 5.10 Å². The molecule has 2 rings (SSSR count). The van der Waals surface area contributed by atoms with Gasteiger partial charge in [-0.3, -0.25) is 4.68 Å². The lowest BCUT2D eigenvalue weighted by atomic mass is 10.1. The Morgan fingerprint density at radius 3 is 2.86 bits per heavy atom. The molecule has 1 N–H and O–H groups in total. The Kier molecular flexibility index (Phi) is 5.33. The molecule has 0 saturated carbocycles. The van der Waals surface area contributed by atoms with Crippen molar-refractivity contribution < 1.29 is 9.50 Å². The summed E-state index contributed by atoms with van der Waals surface area (Å²) in [5.41, 5.74) is 1.29. The Bertz CT molecular complexity index is 600. The fourth-order valence-electron chi connectivity index (χ4n) is 2.16. The van der Waals surface area contributed by atoms with Gasteiger partial charge in [0, 0.05) is 13.0 Å². The van der Waals surface area contributed by atoms with Crippen LogP contribution in [0.2, 0.25) is 5.02 Å². The van der Waals surface area contributed by atoms with Crippen molar-refractivity contribution >= 4 is 11.6 Å². The maximum Gasteiger partial charge on any atom is 0.123 e. The lowest BCUT2D eigenvalue weighted by Crippen LogP contribution is -2.21. The largest absolute Gasteiger partial charge is 0.386 e. The third-order valence-electron chi connectivity index (χ3n) is 3.23. The third-order valence-corrected chi connectivity index (χ3v) is 3.52. The highest BCUT2D eigenvalue weighted by atomic mass is 35.5. The second kappa shape index (κ2) is 7.02. The first-order valence-corrected chi connectivity index (χ1v) is 7.13. The number of aliphatic hydroxyl groups excluding tert-OH is 1. The summed E-state index contributed by atoms with van der Waals surface area (Å²) >= 11 is 6.12. The van der Waals surface area contributed by atoms with Crippen LogP contribution in [0.4, 0.5) is 4.39 Å². The zero-order valence-electron chi connectivity index (χ0n) is 12.1. The van der Waals surface area contributed by atoms with E-state index in [4.69, 9.17) is 11.6 Å². The zero-order chi connectivity index (χ0) is 15.4. The monoisotopic (exact) mass is 311 g/mol. The van der Waals surface area contributed by atoms with Crippen molar-refractivity contribution in [1.82, 2.24) is 14.7 Å². The number of aromatic nitrogens is 2. The average Bonchev–Trinajstić information content (AvgIpc) is 2.77. The first-order chi connectivity index (χ1) is 9.97. The molecule has 0 saturated heterocycles.